The Hall–Kier alpha value is -1.88. The van der Waals surface area contributed by atoms with E-state index >= 15 is 0 Å². The average molecular weight is 292 g/mol. The van der Waals surface area contributed by atoms with Crippen LogP contribution in [-0.2, 0) is 4.79 Å². The van der Waals surface area contributed by atoms with Crippen LogP contribution in [0.25, 0.3) is 0 Å². The first kappa shape index (κ1) is 17.2. The lowest BCUT2D eigenvalue weighted by molar-refractivity contribution is -0.116. The molecule has 0 radical (unpaired) electrons. The summed E-state index contributed by atoms with van der Waals surface area (Å²) in [5, 5.41) is 11.6. The summed E-state index contributed by atoms with van der Waals surface area (Å²) >= 11 is 0. The maximum Gasteiger partial charge on any atom is 0.335 e. The fraction of sp³-hybridized carbons (Fsp3) is 0.500. The molecule has 0 heterocycles. The van der Waals surface area contributed by atoms with Crippen molar-refractivity contribution in [1.82, 2.24) is 0 Å². The molecule has 0 spiro atoms. The van der Waals surface area contributed by atoms with Gasteiger partial charge in [-0.1, -0.05) is 19.8 Å². The predicted octanol–water partition coefficient (Wildman–Crippen LogP) is 2.87. The number of nitrogens with one attached hydrogen (secondary N) is 1. The second-order valence-corrected chi connectivity index (χ2v) is 5.20. The lowest BCUT2D eigenvalue weighted by Crippen LogP contribution is -2.15. The Kier molecular flexibility index (Phi) is 7.46. The average Bonchev–Trinajstić information content (AvgIpc) is 2.46. The maximum absolute atomic E-state index is 11.9. The quantitative estimate of drug-likeness (QED) is 0.652. The van der Waals surface area contributed by atoms with Gasteiger partial charge in [0, 0.05) is 12.1 Å². The number of carboxylic acids is 1. The van der Waals surface area contributed by atoms with Crippen molar-refractivity contribution in [2.24, 2.45) is 11.7 Å². The maximum atomic E-state index is 11.9. The number of nitrogens with two attached hydrogens (primary N) is 1. The lowest BCUT2D eigenvalue weighted by atomic mass is 9.94. The zero-order chi connectivity index (χ0) is 15.7. The molecule has 0 fully saturated rings. The summed E-state index contributed by atoms with van der Waals surface area (Å²) in [5.41, 5.74) is 6.41. The predicted molar refractivity (Wildman–Crippen MR) is 83.3 cm³/mol. The molecule has 0 bridgehead atoms. The molecule has 5 heteroatoms. The van der Waals surface area contributed by atoms with Crippen molar-refractivity contribution in [3.05, 3.63) is 29.8 Å². The largest absolute Gasteiger partial charge is 0.478 e. The van der Waals surface area contributed by atoms with Crippen molar-refractivity contribution in [1.29, 1.82) is 0 Å². The molecule has 1 aromatic rings. The highest BCUT2D eigenvalue weighted by Crippen LogP contribution is 2.18. The first-order valence-corrected chi connectivity index (χ1v) is 7.40. The van der Waals surface area contributed by atoms with Gasteiger partial charge in [-0.3, -0.25) is 4.79 Å². The van der Waals surface area contributed by atoms with Crippen LogP contribution in [0.3, 0.4) is 0 Å². The van der Waals surface area contributed by atoms with Crippen LogP contribution in [0.4, 0.5) is 5.69 Å². The molecule has 1 unspecified atom stereocenters. The molecule has 1 amide bonds. The number of anilines is 1. The van der Waals surface area contributed by atoms with Gasteiger partial charge in [0.05, 0.1) is 5.56 Å². The van der Waals surface area contributed by atoms with Crippen molar-refractivity contribution < 1.29 is 14.7 Å². The Balaban J connectivity index is 2.43. The van der Waals surface area contributed by atoms with Crippen LogP contribution in [-0.4, -0.2) is 23.5 Å². The van der Waals surface area contributed by atoms with E-state index in [1.165, 1.54) is 12.1 Å². The van der Waals surface area contributed by atoms with Crippen molar-refractivity contribution in [3.63, 3.8) is 0 Å². The Morgan fingerprint density at radius 3 is 2.38 bits per heavy atom. The minimum atomic E-state index is -0.975. The van der Waals surface area contributed by atoms with E-state index in [4.69, 9.17) is 10.8 Å². The summed E-state index contributed by atoms with van der Waals surface area (Å²) < 4.78 is 0. The number of carbonyl (C=O) groups excluding carboxylic acids is 1. The third-order valence-corrected chi connectivity index (χ3v) is 3.47. The number of aromatic carboxylic acids is 1. The molecule has 0 saturated heterocycles. The van der Waals surface area contributed by atoms with E-state index in [1.807, 2.05) is 0 Å². The molecule has 4 N–H and O–H groups in total. The number of carbonyl (C=O) groups is 2. The highest BCUT2D eigenvalue weighted by atomic mass is 16.4. The number of amides is 1. The van der Waals surface area contributed by atoms with Crippen LogP contribution in [0.2, 0.25) is 0 Å². The summed E-state index contributed by atoms with van der Waals surface area (Å²) in [5.74, 6) is -0.520. The molecule has 0 aliphatic carbocycles. The number of benzene rings is 1. The molecule has 116 valence electrons. The molecule has 5 nitrogen and oxygen atoms in total. The fourth-order valence-electron chi connectivity index (χ4n) is 2.33. The van der Waals surface area contributed by atoms with Gasteiger partial charge >= 0.3 is 5.97 Å². The Bertz CT molecular complexity index is 451. The Morgan fingerprint density at radius 1 is 1.19 bits per heavy atom. The van der Waals surface area contributed by atoms with Gasteiger partial charge in [-0.2, -0.15) is 0 Å². The van der Waals surface area contributed by atoms with E-state index < -0.39 is 5.97 Å². The van der Waals surface area contributed by atoms with E-state index in [0.717, 1.165) is 25.7 Å². The van der Waals surface area contributed by atoms with Crippen LogP contribution in [0.15, 0.2) is 24.3 Å². The normalized spacial score (nSPS) is 11.9. The molecular formula is C16H24N2O3. The third-order valence-electron chi connectivity index (χ3n) is 3.47. The zero-order valence-electron chi connectivity index (χ0n) is 12.5. The van der Waals surface area contributed by atoms with Gasteiger partial charge in [0.1, 0.15) is 0 Å². The van der Waals surface area contributed by atoms with E-state index in [1.54, 1.807) is 12.1 Å². The monoisotopic (exact) mass is 292 g/mol. The molecule has 1 atom stereocenters. The summed E-state index contributed by atoms with van der Waals surface area (Å²) in [4.78, 5) is 22.6. The van der Waals surface area contributed by atoms with Crippen LogP contribution in [0.5, 0.6) is 0 Å². The second kappa shape index (κ2) is 9.13. The topological polar surface area (TPSA) is 92.4 Å². The molecule has 0 aromatic heterocycles. The number of rotatable bonds is 9. The SMILES string of the molecule is CCCC(CCN)CCC(=O)Nc1ccc(C(=O)O)cc1. The van der Waals surface area contributed by atoms with Crippen LogP contribution >= 0.6 is 0 Å². The molecule has 0 aliphatic rings. The first-order chi connectivity index (χ1) is 10.1. The molecule has 0 saturated carbocycles. The highest BCUT2D eigenvalue weighted by Gasteiger charge is 2.10. The van der Waals surface area contributed by atoms with Crippen LogP contribution in [0, 0.1) is 5.92 Å². The summed E-state index contributed by atoms with van der Waals surface area (Å²) in [6.07, 6.45) is 4.45. The van der Waals surface area contributed by atoms with Gasteiger partial charge < -0.3 is 16.2 Å². The Morgan fingerprint density at radius 2 is 1.86 bits per heavy atom. The molecule has 1 aromatic carbocycles. The van der Waals surface area contributed by atoms with Gasteiger partial charge in [-0.05, 0) is 49.6 Å². The van der Waals surface area contributed by atoms with Crippen molar-refractivity contribution in [3.8, 4) is 0 Å². The fourth-order valence-corrected chi connectivity index (χ4v) is 2.33. The van der Waals surface area contributed by atoms with E-state index in [0.29, 0.717) is 24.6 Å². The molecule has 1 rings (SSSR count). The van der Waals surface area contributed by atoms with Crippen LogP contribution < -0.4 is 11.1 Å². The third kappa shape index (κ3) is 6.40. The standard InChI is InChI=1S/C16H24N2O3/c1-2-3-12(10-11-17)4-9-15(19)18-14-7-5-13(6-8-14)16(20)21/h5-8,12H,2-4,9-11,17H2,1H3,(H,18,19)(H,20,21). The van der Waals surface area contributed by atoms with Gasteiger partial charge in [0.25, 0.3) is 0 Å². The number of carboxylic acid groups (broad SMARTS) is 1. The van der Waals surface area contributed by atoms with E-state index in [9.17, 15) is 9.59 Å². The minimum absolute atomic E-state index is 0.0452. The van der Waals surface area contributed by atoms with Gasteiger partial charge in [-0.15, -0.1) is 0 Å². The van der Waals surface area contributed by atoms with Gasteiger partial charge in [0.15, 0.2) is 0 Å². The lowest BCUT2D eigenvalue weighted by Gasteiger charge is -2.14. The van der Waals surface area contributed by atoms with Gasteiger partial charge in [0.2, 0.25) is 5.91 Å². The minimum Gasteiger partial charge on any atom is -0.478 e. The van der Waals surface area contributed by atoms with Crippen LogP contribution in [0.1, 0.15) is 49.4 Å². The van der Waals surface area contributed by atoms with E-state index in [2.05, 4.69) is 12.2 Å². The summed E-state index contributed by atoms with van der Waals surface area (Å²) in [7, 11) is 0. The summed E-state index contributed by atoms with van der Waals surface area (Å²) in [6.45, 7) is 2.79. The molecular weight excluding hydrogens is 268 g/mol. The van der Waals surface area contributed by atoms with Crippen molar-refractivity contribution in [2.45, 2.75) is 39.0 Å². The van der Waals surface area contributed by atoms with Crippen molar-refractivity contribution in [2.75, 3.05) is 11.9 Å². The number of hydrogen-bond donors (Lipinski definition) is 3. The molecule has 0 aliphatic heterocycles. The highest BCUT2D eigenvalue weighted by molar-refractivity contribution is 5.92. The smallest absolute Gasteiger partial charge is 0.335 e. The summed E-state index contributed by atoms with van der Waals surface area (Å²) in [6, 6.07) is 6.16. The molecule has 21 heavy (non-hydrogen) atoms. The van der Waals surface area contributed by atoms with Gasteiger partial charge in [-0.25, -0.2) is 4.79 Å². The Labute approximate surface area is 125 Å². The van der Waals surface area contributed by atoms with E-state index in [-0.39, 0.29) is 11.5 Å². The zero-order valence-corrected chi connectivity index (χ0v) is 12.5. The first-order valence-electron chi connectivity index (χ1n) is 7.40. The second-order valence-electron chi connectivity index (χ2n) is 5.20. The number of hydrogen-bond acceptors (Lipinski definition) is 3. The van der Waals surface area contributed by atoms with Crippen molar-refractivity contribution >= 4 is 17.6 Å².